The van der Waals surface area contributed by atoms with Crippen molar-refractivity contribution < 1.29 is 4.79 Å². The van der Waals surface area contributed by atoms with Gasteiger partial charge in [0.15, 0.2) is 0 Å². The lowest BCUT2D eigenvalue weighted by Gasteiger charge is -2.45. The highest BCUT2D eigenvalue weighted by atomic mass is 16.2. The van der Waals surface area contributed by atoms with Crippen LogP contribution in [0.15, 0.2) is 0 Å². The first-order valence-corrected chi connectivity index (χ1v) is 7.62. The van der Waals surface area contributed by atoms with Crippen LogP contribution in [0.2, 0.25) is 0 Å². The summed E-state index contributed by atoms with van der Waals surface area (Å²) in [5.41, 5.74) is 5.60. The van der Waals surface area contributed by atoms with Gasteiger partial charge in [0.2, 0.25) is 5.91 Å². The predicted molar refractivity (Wildman–Crippen MR) is 74.1 cm³/mol. The van der Waals surface area contributed by atoms with Crippen molar-refractivity contribution in [3.8, 4) is 0 Å². The molecule has 3 heteroatoms. The third-order valence-electron chi connectivity index (χ3n) is 5.10. The Morgan fingerprint density at radius 1 is 1.33 bits per heavy atom. The number of amides is 1. The first kappa shape index (κ1) is 13.9. The lowest BCUT2D eigenvalue weighted by atomic mass is 9.62. The van der Waals surface area contributed by atoms with Gasteiger partial charge in [-0.3, -0.25) is 4.79 Å². The van der Waals surface area contributed by atoms with E-state index in [9.17, 15) is 4.79 Å². The van der Waals surface area contributed by atoms with Crippen molar-refractivity contribution in [1.29, 1.82) is 0 Å². The predicted octanol–water partition coefficient (Wildman–Crippen LogP) is 2.45. The Labute approximate surface area is 111 Å². The molecule has 0 aromatic heterocycles. The minimum Gasteiger partial charge on any atom is -0.353 e. The van der Waals surface area contributed by atoms with Crippen LogP contribution >= 0.6 is 0 Å². The van der Waals surface area contributed by atoms with Gasteiger partial charge in [0, 0.05) is 12.6 Å². The standard InChI is InChI=1S/C15H28N2O/c1-3-12-6-4-5-7-13(12)17-14(18)15(10-16)8-11(2)9-15/h11-13H,3-10,16H2,1-2H3,(H,17,18). The molecule has 104 valence electrons. The zero-order chi connectivity index (χ0) is 13.2. The molecule has 3 N–H and O–H groups in total. The highest BCUT2D eigenvalue weighted by Gasteiger charge is 2.47. The van der Waals surface area contributed by atoms with Gasteiger partial charge in [0.05, 0.1) is 5.41 Å². The van der Waals surface area contributed by atoms with E-state index in [1.54, 1.807) is 0 Å². The summed E-state index contributed by atoms with van der Waals surface area (Å²) in [5.74, 6) is 1.57. The molecule has 2 aliphatic rings. The van der Waals surface area contributed by atoms with E-state index in [4.69, 9.17) is 5.73 Å². The molecule has 2 aliphatic carbocycles. The first-order chi connectivity index (χ1) is 8.61. The number of hydrogen-bond donors (Lipinski definition) is 2. The van der Waals surface area contributed by atoms with Gasteiger partial charge in [0.1, 0.15) is 0 Å². The van der Waals surface area contributed by atoms with Crippen LogP contribution in [0, 0.1) is 17.3 Å². The average Bonchev–Trinajstić information content (AvgIpc) is 2.35. The first-order valence-electron chi connectivity index (χ1n) is 7.62. The van der Waals surface area contributed by atoms with Crippen LogP contribution < -0.4 is 11.1 Å². The lowest BCUT2D eigenvalue weighted by molar-refractivity contribution is -0.139. The van der Waals surface area contributed by atoms with Gasteiger partial charge in [0.25, 0.3) is 0 Å². The molecule has 2 atom stereocenters. The summed E-state index contributed by atoms with van der Waals surface area (Å²) in [5, 5.41) is 3.32. The second-order valence-electron chi connectivity index (χ2n) is 6.53. The van der Waals surface area contributed by atoms with E-state index in [-0.39, 0.29) is 11.3 Å². The van der Waals surface area contributed by atoms with Gasteiger partial charge in [-0.1, -0.05) is 33.1 Å². The van der Waals surface area contributed by atoms with Crippen LogP contribution in [0.5, 0.6) is 0 Å². The molecule has 0 radical (unpaired) electrons. The van der Waals surface area contributed by atoms with E-state index in [2.05, 4.69) is 19.2 Å². The van der Waals surface area contributed by atoms with Crippen molar-refractivity contribution in [2.75, 3.05) is 6.54 Å². The summed E-state index contributed by atoms with van der Waals surface area (Å²) in [6, 6.07) is 0.399. The van der Waals surface area contributed by atoms with Gasteiger partial charge in [-0.2, -0.15) is 0 Å². The van der Waals surface area contributed by atoms with Crippen LogP contribution in [0.4, 0.5) is 0 Å². The second kappa shape index (κ2) is 5.60. The monoisotopic (exact) mass is 252 g/mol. The van der Waals surface area contributed by atoms with E-state index in [0.717, 1.165) is 19.3 Å². The minimum absolute atomic E-state index is 0.230. The molecule has 2 saturated carbocycles. The quantitative estimate of drug-likeness (QED) is 0.807. The maximum absolute atomic E-state index is 12.5. The Morgan fingerprint density at radius 3 is 2.56 bits per heavy atom. The van der Waals surface area contributed by atoms with Crippen molar-refractivity contribution >= 4 is 5.91 Å². The Morgan fingerprint density at radius 2 is 2.00 bits per heavy atom. The van der Waals surface area contributed by atoms with Gasteiger partial charge in [-0.05, 0) is 37.5 Å². The van der Waals surface area contributed by atoms with Gasteiger partial charge in [-0.25, -0.2) is 0 Å². The number of nitrogens with one attached hydrogen (secondary N) is 1. The van der Waals surface area contributed by atoms with E-state index in [1.165, 1.54) is 25.7 Å². The zero-order valence-electron chi connectivity index (χ0n) is 11.9. The average molecular weight is 252 g/mol. The maximum atomic E-state index is 12.5. The second-order valence-corrected chi connectivity index (χ2v) is 6.53. The smallest absolute Gasteiger partial charge is 0.227 e. The Bertz CT molecular complexity index is 297. The summed E-state index contributed by atoms with van der Waals surface area (Å²) < 4.78 is 0. The molecule has 0 heterocycles. The molecular formula is C15H28N2O. The zero-order valence-corrected chi connectivity index (χ0v) is 11.9. The van der Waals surface area contributed by atoms with Crippen molar-refractivity contribution in [3.63, 3.8) is 0 Å². The molecule has 2 unspecified atom stereocenters. The fourth-order valence-electron chi connectivity index (χ4n) is 3.93. The lowest BCUT2D eigenvalue weighted by Crippen LogP contribution is -2.56. The molecule has 18 heavy (non-hydrogen) atoms. The number of hydrogen-bond acceptors (Lipinski definition) is 2. The molecule has 3 nitrogen and oxygen atoms in total. The Balaban J connectivity index is 1.93. The Hall–Kier alpha value is -0.570. The van der Waals surface area contributed by atoms with E-state index < -0.39 is 0 Å². The molecule has 1 amide bonds. The molecular weight excluding hydrogens is 224 g/mol. The molecule has 0 bridgehead atoms. The molecule has 2 rings (SSSR count). The van der Waals surface area contributed by atoms with E-state index >= 15 is 0 Å². The van der Waals surface area contributed by atoms with Crippen molar-refractivity contribution in [2.45, 2.75) is 64.8 Å². The van der Waals surface area contributed by atoms with Gasteiger partial charge >= 0.3 is 0 Å². The number of carbonyl (C=O) groups excluding carboxylic acids is 1. The molecule has 0 aromatic carbocycles. The van der Waals surface area contributed by atoms with Crippen LogP contribution in [0.3, 0.4) is 0 Å². The van der Waals surface area contributed by atoms with E-state index in [1.807, 2.05) is 0 Å². The fraction of sp³-hybridized carbons (Fsp3) is 0.933. The third kappa shape index (κ3) is 2.56. The molecule has 0 aromatic rings. The molecule has 0 saturated heterocycles. The number of carbonyl (C=O) groups is 1. The normalized spacial score (nSPS) is 40.1. The largest absolute Gasteiger partial charge is 0.353 e. The summed E-state index contributed by atoms with van der Waals surface area (Å²) in [6.07, 6.45) is 8.13. The van der Waals surface area contributed by atoms with E-state index in [0.29, 0.717) is 24.4 Å². The van der Waals surface area contributed by atoms with Crippen LogP contribution in [0.1, 0.15) is 58.8 Å². The SMILES string of the molecule is CCC1CCCCC1NC(=O)C1(CN)CC(C)C1. The summed E-state index contributed by atoms with van der Waals surface area (Å²) in [6.45, 7) is 4.95. The molecule has 0 aliphatic heterocycles. The number of nitrogens with two attached hydrogens (primary N) is 1. The minimum atomic E-state index is -0.241. The van der Waals surface area contributed by atoms with Crippen molar-refractivity contribution in [3.05, 3.63) is 0 Å². The highest BCUT2D eigenvalue weighted by molar-refractivity contribution is 5.84. The third-order valence-corrected chi connectivity index (χ3v) is 5.10. The maximum Gasteiger partial charge on any atom is 0.227 e. The van der Waals surface area contributed by atoms with Crippen molar-refractivity contribution in [1.82, 2.24) is 5.32 Å². The topological polar surface area (TPSA) is 55.1 Å². The van der Waals surface area contributed by atoms with Crippen molar-refractivity contribution in [2.24, 2.45) is 23.0 Å². The Kier molecular flexibility index (Phi) is 4.31. The van der Waals surface area contributed by atoms with Gasteiger partial charge in [-0.15, -0.1) is 0 Å². The molecule has 0 spiro atoms. The summed E-state index contributed by atoms with van der Waals surface area (Å²) in [4.78, 5) is 12.5. The van der Waals surface area contributed by atoms with Gasteiger partial charge < -0.3 is 11.1 Å². The fourth-order valence-corrected chi connectivity index (χ4v) is 3.93. The summed E-state index contributed by atoms with van der Waals surface area (Å²) >= 11 is 0. The van der Waals surface area contributed by atoms with Crippen LogP contribution in [-0.4, -0.2) is 18.5 Å². The number of rotatable bonds is 4. The molecule has 2 fully saturated rings. The van der Waals surface area contributed by atoms with Crippen LogP contribution in [-0.2, 0) is 4.79 Å². The highest BCUT2D eigenvalue weighted by Crippen LogP contribution is 2.45. The summed E-state index contributed by atoms with van der Waals surface area (Å²) in [7, 11) is 0. The van der Waals surface area contributed by atoms with Crippen LogP contribution in [0.25, 0.3) is 0 Å².